The number of rotatable bonds is 3. The number of nitrogens with two attached hydrogens (primary N) is 1. The lowest BCUT2D eigenvalue weighted by atomic mass is 10.1. The summed E-state index contributed by atoms with van der Waals surface area (Å²) in [5.74, 6) is 0.686. The Bertz CT molecular complexity index is 628. The molecule has 0 amide bonds. The molecule has 0 spiro atoms. The highest BCUT2D eigenvalue weighted by molar-refractivity contribution is 5.56. The SMILES string of the molecule is Cc1ccc(C#N)c(N(C)Cc2ccccc2N)n1. The van der Waals surface area contributed by atoms with Crippen LogP contribution in [0, 0.1) is 18.3 Å². The van der Waals surface area contributed by atoms with E-state index < -0.39 is 0 Å². The van der Waals surface area contributed by atoms with Crippen LogP contribution in [0.5, 0.6) is 0 Å². The standard InChI is InChI=1S/C15H16N4/c1-11-7-8-12(9-16)15(18-11)19(2)10-13-5-3-4-6-14(13)17/h3-8H,10,17H2,1-2H3. The van der Waals surface area contributed by atoms with Crippen molar-refractivity contribution in [3.8, 4) is 6.07 Å². The van der Waals surface area contributed by atoms with E-state index in [2.05, 4.69) is 11.1 Å². The molecule has 0 aliphatic rings. The van der Waals surface area contributed by atoms with Gasteiger partial charge in [0, 0.05) is 25.0 Å². The van der Waals surface area contributed by atoms with Gasteiger partial charge in [0.15, 0.2) is 0 Å². The second-order valence-electron chi connectivity index (χ2n) is 4.49. The molecule has 0 atom stereocenters. The lowest BCUT2D eigenvalue weighted by Gasteiger charge is -2.20. The third-order valence-corrected chi connectivity index (χ3v) is 2.96. The quantitative estimate of drug-likeness (QED) is 0.852. The maximum absolute atomic E-state index is 9.14. The van der Waals surface area contributed by atoms with Gasteiger partial charge in [-0.05, 0) is 30.7 Å². The Kier molecular flexibility index (Phi) is 3.67. The van der Waals surface area contributed by atoms with Crippen LogP contribution >= 0.6 is 0 Å². The summed E-state index contributed by atoms with van der Waals surface area (Å²) >= 11 is 0. The number of aromatic nitrogens is 1. The molecule has 4 heteroatoms. The van der Waals surface area contributed by atoms with Gasteiger partial charge in [-0.3, -0.25) is 0 Å². The molecule has 96 valence electrons. The average molecular weight is 252 g/mol. The summed E-state index contributed by atoms with van der Waals surface area (Å²) in [5, 5.41) is 9.14. The maximum atomic E-state index is 9.14. The first-order valence-electron chi connectivity index (χ1n) is 6.04. The molecule has 0 saturated carbocycles. The number of pyridine rings is 1. The third kappa shape index (κ3) is 2.83. The molecule has 1 aromatic carbocycles. The van der Waals surface area contributed by atoms with Gasteiger partial charge in [0.1, 0.15) is 11.9 Å². The lowest BCUT2D eigenvalue weighted by Crippen LogP contribution is -2.20. The molecule has 0 aliphatic carbocycles. The monoisotopic (exact) mass is 252 g/mol. The highest BCUT2D eigenvalue weighted by atomic mass is 15.2. The van der Waals surface area contributed by atoms with Crippen molar-refractivity contribution < 1.29 is 0 Å². The zero-order valence-electron chi connectivity index (χ0n) is 11.1. The van der Waals surface area contributed by atoms with Gasteiger partial charge in [0.2, 0.25) is 0 Å². The molecule has 4 nitrogen and oxygen atoms in total. The molecule has 0 bridgehead atoms. The van der Waals surface area contributed by atoms with E-state index in [1.807, 2.05) is 49.2 Å². The Balaban J connectivity index is 2.30. The van der Waals surface area contributed by atoms with E-state index in [1.165, 1.54) is 0 Å². The Labute approximate surface area is 113 Å². The van der Waals surface area contributed by atoms with Crippen molar-refractivity contribution in [3.63, 3.8) is 0 Å². The van der Waals surface area contributed by atoms with Crippen molar-refractivity contribution >= 4 is 11.5 Å². The van der Waals surface area contributed by atoms with E-state index >= 15 is 0 Å². The van der Waals surface area contributed by atoms with E-state index in [4.69, 9.17) is 11.0 Å². The number of hydrogen-bond acceptors (Lipinski definition) is 4. The number of nitrogen functional groups attached to an aromatic ring is 1. The summed E-state index contributed by atoms with van der Waals surface area (Å²) < 4.78 is 0. The summed E-state index contributed by atoms with van der Waals surface area (Å²) in [4.78, 5) is 6.37. The van der Waals surface area contributed by atoms with E-state index in [0.29, 0.717) is 17.9 Å². The van der Waals surface area contributed by atoms with Crippen LogP contribution in [0.25, 0.3) is 0 Å². The van der Waals surface area contributed by atoms with Crippen molar-refractivity contribution in [2.24, 2.45) is 0 Å². The summed E-state index contributed by atoms with van der Waals surface area (Å²) in [6.07, 6.45) is 0. The average Bonchev–Trinajstić information content (AvgIpc) is 2.41. The molecule has 0 unspecified atom stereocenters. The van der Waals surface area contributed by atoms with Crippen LogP contribution in [0.3, 0.4) is 0 Å². The van der Waals surface area contributed by atoms with Crippen molar-refractivity contribution in [2.45, 2.75) is 13.5 Å². The zero-order valence-corrected chi connectivity index (χ0v) is 11.1. The molecule has 0 fully saturated rings. The van der Waals surface area contributed by atoms with Crippen molar-refractivity contribution in [1.29, 1.82) is 5.26 Å². The number of benzene rings is 1. The molecule has 2 aromatic rings. The minimum absolute atomic E-state index is 0.572. The van der Waals surface area contributed by atoms with Gasteiger partial charge in [-0.1, -0.05) is 18.2 Å². The summed E-state index contributed by atoms with van der Waals surface area (Å²) in [6, 6.07) is 13.5. The fourth-order valence-electron chi connectivity index (χ4n) is 1.93. The molecule has 1 aromatic heterocycles. The smallest absolute Gasteiger partial charge is 0.146 e. The van der Waals surface area contributed by atoms with Crippen LogP contribution in [0.1, 0.15) is 16.8 Å². The Morgan fingerprint density at radius 2 is 2.00 bits per heavy atom. The van der Waals surface area contributed by atoms with Crippen LogP contribution in [-0.4, -0.2) is 12.0 Å². The van der Waals surface area contributed by atoms with Crippen LogP contribution < -0.4 is 10.6 Å². The number of hydrogen-bond donors (Lipinski definition) is 1. The van der Waals surface area contributed by atoms with Gasteiger partial charge in [-0.2, -0.15) is 5.26 Å². The van der Waals surface area contributed by atoms with Gasteiger partial charge in [0.05, 0.1) is 5.56 Å². The molecule has 19 heavy (non-hydrogen) atoms. The molecule has 2 rings (SSSR count). The third-order valence-electron chi connectivity index (χ3n) is 2.96. The predicted octanol–water partition coefficient (Wildman–Crippen LogP) is 2.48. The second-order valence-corrected chi connectivity index (χ2v) is 4.49. The van der Waals surface area contributed by atoms with Gasteiger partial charge in [-0.15, -0.1) is 0 Å². The Morgan fingerprint density at radius 3 is 2.68 bits per heavy atom. The summed E-state index contributed by atoms with van der Waals surface area (Å²) in [6.45, 7) is 2.53. The maximum Gasteiger partial charge on any atom is 0.146 e. The number of anilines is 2. The summed E-state index contributed by atoms with van der Waals surface area (Å²) in [7, 11) is 1.91. The minimum atomic E-state index is 0.572. The highest BCUT2D eigenvalue weighted by Crippen LogP contribution is 2.20. The van der Waals surface area contributed by atoms with E-state index in [1.54, 1.807) is 6.07 Å². The number of nitrogens with zero attached hydrogens (tertiary/aromatic N) is 3. The van der Waals surface area contributed by atoms with Gasteiger partial charge < -0.3 is 10.6 Å². The van der Waals surface area contributed by atoms with Crippen LogP contribution in [0.2, 0.25) is 0 Å². The van der Waals surface area contributed by atoms with E-state index in [0.717, 1.165) is 16.9 Å². The number of nitriles is 1. The van der Waals surface area contributed by atoms with Gasteiger partial charge in [-0.25, -0.2) is 4.98 Å². The first kappa shape index (κ1) is 12.9. The molecular formula is C15H16N4. The first-order chi connectivity index (χ1) is 9.11. The Morgan fingerprint density at radius 1 is 1.26 bits per heavy atom. The summed E-state index contributed by atoms with van der Waals surface area (Å²) in [5.41, 5.74) is 9.17. The second kappa shape index (κ2) is 5.40. The Hall–Kier alpha value is -2.54. The van der Waals surface area contributed by atoms with Gasteiger partial charge in [0.25, 0.3) is 0 Å². The zero-order chi connectivity index (χ0) is 13.8. The van der Waals surface area contributed by atoms with Crippen molar-refractivity contribution in [3.05, 3.63) is 53.2 Å². The van der Waals surface area contributed by atoms with Crippen LogP contribution in [-0.2, 0) is 6.54 Å². The van der Waals surface area contributed by atoms with E-state index in [-0.39, 0.29) is 0 Å². The molecule has 1 heterocycles. The number of aryl methyl sites for hydroxylation is 1. The normalized spacial score (nSPS) is 9.95. The topological polar surface area (TPSA) is 65.9 Å². The van der Waals surface area contributed by atoms with Crippen molar-refractivity contribution in [1.82, 2.24) is 4.98 Å². The molecule has 0 saturated heterocycles. The van der Waals surface area contributed by atoms with E-state index in [9.17, 15) is 0 Å². The largest absolute Gasteiger partial charge is 0.398 e. The first-order valence-corrected chi connectivity index (χ1v) is 6.04. The minimum Gasteiger partial charge on any atom is -0.398 e. The molecule has 0 radical (unpaired) electrons. The predicted molar refractivity (Wildman–Crippen MR) is 76.7 cm³/mol. The molecular weight excluding hydrogens is 236 g/mol. The van der Waals surface area contributed by atoms with Crippen molar-refractivity contribution in [2.75, 3.05) is 17.7 Å². The van der Waals surface area contributed by atoms with Gasteiger partial charge >= 0.3 is 0 Å². The fourth-order valence-corrected chi connectivity index (χ4v) is 1.93. The molecule has 2 N–H and O–H groups in total. The van der Waals surface area contributed by atoms with Crippen LogP contribution in [0.15, 0.2) is 36.4 Å². The lowest BCUT2D eigenvalue weighted by molar-refractivity contribution is 0.891. The fraction of sp³-hybridized carbons (Fsp3) is 0.200. The number of para-hydroxylation sites is 1. The molecule has 0 aliphatic heterocycles. The highest BCUT2D eigenvalue weighted by Gasteiger charge is 2.11. The van der Waals surface area contributed by atoms with Crippen LogP contribution in [0.4, 0.5) is 11.5 Å².